The third-order valence-electron chi connectivity index (χ3n) is 2.61. The van der Waals surface area contributed by atoms with Gasteiger partial charge in [-0.15, -0.1) is 0 Å². The van der Waals surface area contributed by atoms with Crippen LogP contribution in [0.4, 0.5) is 5.69 Å². The molecule has 2 N–H and O–H groups in total. The molecule has 0 fully saturated rings. The zero-order valence-corrected chi connectivity index (χ0v) is 10.3. The quantitative estimate of drug-likeness (QED) is 0.863. The SMILES string of the molecule is Cc1ccc(C(=O)O)cc1NC(=O)C1=COCCO1. The minimum Gasteiger partial charge on any atom is -0.494 e. The van der Waals surface area contributed by atoms with E-state index in [0.717, 1.165) is 5.56 Å². The smallest absolute Gasteiger partial charge is 0.335 e. The van der Waals surface area contributed by atoms with Gasteiger partial charge in [-0.25, -0.2) is 4.79 Å². The Morgan fingerprint density at radius 1 is 1.32 bits per heavy atom. The molecule has 1 aliphatic heterocycles. The fraction of sp³-hybridized carbons (Fsp3) is 0.231. The first-order valence-corrected chi connectivity index (χ1v) is 5.68. The number of carboxylic acids is 1. The van der Waals surface area contributed by atoms with E-state index in [1.807, 2.05) is 0 Å². The molecule has 0 radical (unpaired) electrons. The fourth-order valence-corrected chi connectivity index (χ4v) is 1.56. The van der Waals surface area contributed by atoms with Crippen molar-refractivity contribution in [2.45, 2.75) is 6.92 Å². The van der Waals surface area contributed by atoms with Crippen LogP contribution in [0, 0.1) is 6.92 Å². The van der Waals surface area contributed by atoms with Crippen LogP contribution in [0.25, 0.3) is 0 Å². The summed E-state index contributed by atoms with van der Waals surface area (Å²) >= 11 is 0. The van der Waals surface area contributed by atoms with Crippen molar-refractivity contribution in [2.24, 2.45) is 0 Å². The van der Waals surface area contributed by atoms with Gasteiger partial charge in [-0.3, -0.25) is 4.79 Å². The van der Waals surface area contributed by atoms with E-state index in [1.165, 1.54) is 18.4 Å². The van der Waals surface area contributed by atoms with Crippen LogP contribution in [0.5, 0.6) is 0 Å². The summed E-state index contributed by atoms with van der Waals surface area (Å²) in [5.74, 6) is -1.44. The number of carbonyl (C=O) groups excluding carboxylic acids is 1. The third kappa shape index (κ3) is 3.04. The van der Waals surface area contributed by atoms with Gasteiger partial charge in [0, 0.05) is 5.69 Å². The molecule has 0 saturated heterocycles. The molecule has 1 aromatic carbocycles. The minimum atomic E-state index is -1.05. The molecule has 0 saturated carbocycles. The molecular weight excluding hydrogens is 250 g/mol. The molecule has 2 rings (SSSR count). The number of hydrogen-bond acceptors (Lipinski definition) is 4. The zero-order chi connectivity index (χ0) is 13.8. The average Bonchev–Trinajstić information content (AvgIpc) is 2.42. The number of ether oxygens (including phenoxy) is 2. The maximum atomic E-state index is 11.9. The first kappa shape index (κ1) is 12.9. The number of carboxylic acid groups (broad SMARTS) is 1. The van der Waals surface area contributed by atoms with E-state index in [0.29, 0.717) is 18.9 Å². The summed E-state index contributed by atoms with van der Waals surface area (Å²) < 4.78 is 10.1. The van der Waals surface area contributed by atoms with Crippen LogP contribution >= 0.6 is 0 Å². The molecule has 0 spiro atoms. The molecule has 1 aliphatic rings. The first-order chi connectivity index (χ1) is 9.08. The van der Waals surface area contributed by atoms with E-state index < -0.39 is 11.9 Å². The minimum absolute atomic E-state index is 0.0754. The van der Waals surface area contributed by atoms with Gasteiger partial charge in [0.2, 0.25) is 5.76 Å². The van der Waals surface area contributed by atoms with Gasteiger partial charge in [0.05, 0.1) is 5.56 Å². The van der Waals surface area contributed by atoms with Gasteiger partial charge in [-0.1, -0.05) is 6.07 Å². The Morgan fingerprint density at radius 2 is 2.11 bits per heavy atom. The van der Waals surface area contributed by atoms with Crippen molar-refractivity contribution in [3.05, 3.63) is 41.3 Å². The topological polar surface area (TPSA) is 84.9 Å². The van der Waals surface area contributed by atoms with Crippen molar-refractivity contribution in [1.29, 1.82) is 0 Å². The van der Waals surface area contributed by atoms with Gasteiger partial charge in [-0.2, -0.15) is 0 Å². The number of nitrogens with one attached hydrogen (secondary N) is 1. The predicted octanol–water partition coefficient (Wildman–Crippen LogP) is 1.52. The summed E-state index contributed by atoms with van der Waals surface area (Å²) in [4.78, 5) is 22.8. The number of carbonyl (C=O) groups is 2. The van der Waals surface area contributed by atoms with E-state index in [1.54, 1.807) is 13.0 Å². The molecule has 0 atom stereocenters. The number of aromatic carboxylic acids is 1. The molecular formula is C13H13NO5. The third-order valence-corrected chi connectivity index (χ3v) is 2.61. The summed E-state index contributed by atoms with van der Waals surface area (Å²) in [6.45, 7) is 2.49. The molecule has 1 amide bonds. The summed E-state index contributed by atoms with van der Waals surface area (Å²) in [5.41, 5.74) is 1.30. The van der Waals surface area contributed by atoms with Gasteiger partial charge in [0.25, 0.3) is 5.91 Å². The van der Waals surface area contributed by atoms with Crippen LogP contribution in [0.2, 0.25) is 0 Å². The van der Waals surface area contributed by atoms with Crippen molar-refractivity contribution in [3.8, 4) is 0 Å². The fourth-order valence-electron chi connectivity index (χ4n) is 1.56. The molecule has 1 aromatic rings. The Morgan fingerprint density at radius 3 is 2.74 bits per heavy atom. The molecule has 6 heteroatoms. The maximum Gasteiger partial charge on any atom is 0.335 e. The molecule has 1 heterocycles. The van der Waals surface area contributed by atoms with E-state index in [9.17, 15) is 9.59 Å². The van der Waals surface area contributed by atoms with Crippen molar-refractivity contribution in [3.63, 3.8) is 0 Å². The van der Waals surface area contributed by atoms with Crippen LogP contribution in [0.15, 0.2) is 30.2 Å². The summed E-state index contributed by atoms with van der Waals surface area (Å²) in [6, 6.07) is 4.51. The highest BCUT2D eigenvalue weighted by molar-refractivity contribution is 6.03. The first-order valence-electron chi connectivity index (χ1n) is 5.68. The molecule has 0 aromatic heterocycles. The average molecular weight is 263 g/mol. The van der Waals surface area contributed by atoms with Gasteiger partial charge in [0.15, 0.2) is 0 Å². The second-order valence-electron chi connectivity index (χ2n) is 3.99. The Balaban J connectivity index is 2.18. The van der Waals surface area contributed by atoms with Gasteiger partial charge in [0.1, 0.15) is 19.5 Å². The molecule has 19 heavy (non-hydrogen) atoms. The van der Waals surface area contributed by atoms with Gasteiger partial charge >= 0.3 is 5.97 Å². The Kier molecular flexibility index (Phi) is 3.70. The number of aryl methyl sites for hydroxylation is 1. The highest BCUT2D eigenvalue weighted by atomic mass is 16.6. The zero-order valence-electron chi connectivity index (χ0n) is 10.3. The number of amides is 1. The Bertz CT molecular complexity index is 550. The lowest BCUT2D eigenvalue weighted by Gasteiger charge is -2.16. The van der Waals surface area contributed by atoms with Crippen molar-refractivity contribution in [2.75, 3.05) is 18.5 Å². The van der Waals surface area contributed by atoms with E-state index in [4.69, 9.17) is 14.6 Å². The standard InChI is InChI=1S/C13H13NO5/c1-8-2-3-9(13(16)17)6-10(8)14-12(15)11-7-18-4-5-19-11/h2-3,6-7H,4-5H2,1H3,(H,14,15)(H,16,17). The largest absolute Gasteiger partial charge is 0.494 e. The van der Waals surface area contributed by atoms with Crippen LogP contribution in [0.1, 0.15) is 15.9 Å². The lowest BCUT2D eigenvalue weighted by atomic mass is 10.1. The Hall–Kier alpha value is -2.50. The normalized spacial score (nSPS) is 13.8. The maximum absolute atomic E-state index is 11.9. The highest BCUT2D eigenvalue weighted by Crippen LogP contribution is 2.18. The number of rotatable bonds is 3. The molecule has 0 unspecified atom stereocenters. The molecule has 0 aliphatic carbocycles. The van der Waals surface area contributed by atoms with Crippen molar-refractivity contribution < 1.29 is 24.2 Å². The number of benzene rings is 1. The molecule has 0 bridgehead atoms. The lowest BCUT2D eigenvalue weighted by Crippen LogP contribution is -2.21. The highest BCUT2D eigenvalue weighted by Gasteiger charge is 2.16. The van der Waals surface area contributed by atoms with Crippen LogP contribution in [-0.4, -0.2) is 30.2 Å². The van der Waals surface area contributed by atoms with Crippen LogP contribution in [0.3, 0.4) is 0 Å². The van der Waals surface area contributed by atoms with Gasteiger partial charge < -0.3 is 19.9 Å². The van der Waals surface area contributed by atoms with Crippen molar-refractivity contribution >= 4 is 17.6 Å². The second-order valence-corrected chi connectivity index (χ2v) is 3.99. The van der Waals surface area contributed by atoms with Crippen LogP contribution in [-0.2, 0) is 14.3 Å². The van der Waals surface area contributed by atoms with E-state index in [2.05, 4.69) is 5.32 Å². The predicted molar refractivity (Wildman–Crippen MR) is 66.8 cm³/mol. The molecule has 6 nitrogen and oxygen atoms in total. The summed E-state index contributed by atoms with van der Waals surface area (Å²) in [7, 11) is 0. The monoisotopic (exact) mass is 263 g/mol. The van der Waals surface area contributed by atoms with Crippen molar-refractivity contribution in [1.82, 2.24) is 0 Å². The van der Waals surface area contributed by atoms with E-state index >= 15 is 0 Å². The summed E-state index contributed by atoms with van der Waals surface area (Å²) in [6.07, 6.45) is 1.25. The number of hydrogen-bond donors (Lipinski definition) is 2. The van der Waals surface area contributed by atoms with Crippen LogP contribution < -0.4 is 5.32 Å². The summed E-state index contributed by atoms with van der Waals surface area (Å²) in [5, 5.41) is 11.5. The Labute approximate surface area is 109 Å². The number of anilines is 1. The van der Waals surface area contributed by atoms with E-state index in [-0.39, 0.29) is 11.3 Å². The lowest BCUT2D eigenvalue weighted by molar-refractivity contribution is -0.117. The van der Waals surface area contributed by atoms with Gasteiger partial charge in [-0.05, 0) is 24.6 Å². The second kappa shape index (κ2) is 5.43. The molecule has 100 valence electrons.